The van der Waals surface area contributed by atoms with Crippen molar-refractivity contribution < 1.29 is 13.2 Å². The van der Waals surface area contributed by atoms with Gasteiger partial charge in [-0.15, -0.1) is 5.10 Å². The molecule has 2 aromatic carbocycles. The fourth-order valence-corrected chi connectivity index (χ4v) is 6.73. The number of fused-ring (bicyclic) bond motifs is 1. The fourth-order valence-electron chi connectivity index (χ4n) is 5.16. The number of sulfonamides is 1. The van der Waals surface area contributed by atoms with E-state index in [9.17, 15) is 13.2 Å². The minimum absolute atomic E-state index is 0.0432. The highest BCUT2D eigenvalue weighted by Crippen LogP contribution is 2.33. The third-order valence-corrected chi connectivity index (χ3v) is 9.15. The Morgan fingerprint density at radius 1 is 1.18 bits per heavy atom. The Labute approximate surface area is 234 Å². The van der Waals surface area contributed by atoms with Gasteiger partial charge in [-0.1, -0.05) is 48.9 Å². The number of halogens is 1. The number of aryl methyl sites for hydroxylation is 1. The molecule has 3 aromatic rings. The predicted molar refractivity (Wildman–Crippen MR) is 149 cm³/mol. The quantitative estimate of drug-likeness (QED) is 0.406. The Morgan fingerprint density at radius 3 is 2.74 bits per heavy atom. The first-order valence-electron chi connectivity index (χ1n) is 13.2. The van der Waals surface area contributed by atoms with E-state index < -0.39 is 22.0 Å². The normalized spacial score (nSPS) is 19.3. The second-order valence-corrected chi connectivity index (χ2v) is 12.8. The van der Waals surface area contributed by atoms with Gasteiger partial charge in [-0.25, -0.2) is 13.1 Å². The molecule has 2 heterocycles. The van der Waals surface area contributed by atoms with Gasteiger partial charge in [0.15, 0.2) is 0 Å². The SMILES string of the molecule is CC(C)CNCc1ccc2c(c1)CCC[C@H]2n1cc(C[C@@H]2C(=O)NC=CN2S(=O)(=O)c2ccc(Cl)cc2)nn1. The van der Waals surface area contributed by atoms with Crippen molar-refractivity contribution in [1.82, 2.24) is 29.9 Å². The van der Waals surface area contributed by atoms with Crippen molar-refractivity contribution in [3.8, 4) is 0 Å². The third kappa shape index (κ3) is 6.03. The summed E-state index contributed by atoms with van der Waals surface area (Å²) < 4.78 is 29.7. The lowest BCUT2D eigenvalue weighted by Gasteiger charge is -2.31. The molecule has 0 bridgehead atoms. The minimum atomic E-state index is -3.98. The first-order chi connectivity index (χ1) is 18.7. The van der Waals surface area contributed by atoms with E-state index in [2.05, 4.69) is 53.0 Å². The van der Waals surface area contributed by atoms with Gasteiger partial charge in [0.1, 0.15) is 6.04 Å². The van der Waals surface area contributed by atoms with E-state index >= 15 is 0 Å². The van der Waals surface area contributed by atoms with Gasteiger partial charge in [0.2, 0.25) is 5.91 Å². The summed E-state index contributed by atoms with van der Waals surface area (Å²) in [4.78, 5) is 12.9. The van der Waals surface area contributed by atoms with Crippen LogP contribution in [0.4, 0.5) is 0 Å². The van der Waals surface area contributed by atoms with Crippen LogP contribution in [0.3, 0.4) is 0 Å². The van der Waals surface area contributed by atoms with Crippen LogP contribution >= 0.6 is 11.6 Å². The molecule has 1 aliphatic heterocycles. The molecule has 1 amide bonds. The van der Waals surface area contributed by atoms with E-state index in [1.807, 2.05) is 10.9 Å². The van der Waals surface area contributed by atoms with Crippen molar-refractivity contribution in [3.63, 3.8) is 0 Å². The maximum atomic E-state index is 13.4. The van der Waals surface area contributed by atoms with Gasteiger partial charge in [-0.2, -0.15) is 0 Å². The van der Waals surface area contributed by atoms with Gasteiger partial charge in [0.05, 0.1) is 16.6 Å². The number of nitrogens with zero attached hydrogens (tertiary/aromatic N) is 4. The van der Waals surface area contributed by atoms with Crippen molar-refractivity contribution in [2.24, 2.45) is 5.92 Å². The largest absolute Gasteiger partial charge is 0.329 e. The highest BCUT2D eigenvalue weighted by atomic mass is 35.5. The summed E-state index contributed by atoms with van der Waals surface area (Å²) in [6, 6.07) is 11.6. The van der Waals surface area contributed by atoms with E-state index in [-0.39, 0.29) is 17.4 Å². The van der Waals surface area contributed by atoms with Crippen LogP contribution in [0.25, 0.3) is 0 Å². The highest BCUT2D eigenvalue weighted by Gasteiger charge is 2.36. The van der Waals surface area contributed by atoms with E-state index in [4.69, 9.17) is 11.6 Å². The van der Waals surface area contributed by atoms with Crippen LogP contribution in [0.2, 0.25) is 5.02 Å². The number of aromatic nitrogens is 3. The van der Waals surface area contributed by atoms with E-state index in [0.29, 0.717) is 16.6 Å². The Hall–Kier alpha value is -3.21. The van der Waals surface area contributed by atoms with Crippen molar-refractivity contribution in [2.45, 2.75) is 63.1 Å². The Bertz CT molecular complexity index is 1470. The number of rotatable bonds is 9. The van der Waals surface area contributed by atoms with Crippen molar-refractivity contribution in [3.05, 3.63) is 88.5 Å². The van der Waals surface area contributed by atoms with Crippen LogP contribution in [0.1, 0.15) is 55.1 Å². The topological polar surface area (TPSA) is 109 Å². The lowest BCUT2D eigenvalue weighted by atomic mass is 9.86. The van der Waals surface area contributed by atoms with E-state index in [1.54, 1.807) is 0 Å². The van der Waals surface area contributed by atoms with Crippen molar-refractivity contribution >= 4 is 27.5 Å². The first-order valence-corrected chi connectivity index (χ1v) is 15.0. The average Bonchev–Trinajstić information content (AvgIpc) is 3.38. The maximum absolute atomic E-state index is 13.4. The molecule has 11 heteroatoms. The molecule has 0 fully saturated rings. The van der Waals surface area contributed by atoms with Gasteiger partial charge < -0.3 is 10.6 Å². The molecular formula is C28H33ClN6O3S. The summed E-state index contributed by atoms with van der Waals surface area (Å²) in [7, 11) is -3.98. The number of hydrogen-bond donors (Lipinski definition) is 2. The number of hydrogen-bond acceptors (Lipinski definition) is 6. The Morgan fingerprint density at radius 2 is 1.97 bits per heavy atom. The molecular weight excluding hydrogens is 536 g/mol. The number of amides is 1. The number of nitrogens with one attached hydrogen (secondary N) is 2. The standard InChI is InChI=1S/C28H33ClN6O3S/c1-19(2)16-30-17-20-6-11-25-21(14-20)4-3-5-26(25)34-18-23(32-33-34)15-27-28(36)31-12-13-35(27)39(37,38)24-9-7-22(29)8-10-24/h6-14,18-19,26-27,30H,3-5,15-17H2,1-2H3,(H,31,36)/t26-,27-/m1/s1. The van der Waals surface area contributed by atoms with Gasteiger partial charge in [-0.05, 0) is 72.7 Å². The van der Waals surface area contributed by atoms with Crippen LogP contribution in [0.15, 0.2) is 66.0 Å². The summed E-state index contributed by atoms with van der Waals surface area (Å²) in [6.45, 7) is 6.22. The Kier molecular flexibility index (Phi) is 8.06. The van der Waals surface area contributed by atoms with Crippen LogP contribution in [0, 0.1) is 5.92 Å². The molecule has 2 aliphatic rings. The zero-order valence-corrected chi connectivity index (χ0v) is 23.6. The monoisotopic (exact) mass is 568 g/mol. The van der Waals surface area contributed by atoms with Gasteiger partial charge >= 0.3 is 0 Å². The van der Waals surface area contributed by atoms with E-state index in [1.165, 1.54) is 53.4 Å². The van der Waals surface area contributed by atoms with Crippen LogP contribution in [0.5, 0.6) is 0 Å². The third-order valence-electron chi connectivity index (χ3n) is 7.10. The molecule has 39 heavy (non-hydrogen) atoms. The summed E-state index contributed by atoms with van der Waals surface area (Å²) >= 11 is 5.94. The average molecular weight is 569 g/mol. The molecule has 9 nitrogen and oxygen atoms in total. The molecule has 1 aliphatic carbocycles. The highest BCUT2D eigenvalue weighted by molar-refractivity contribution is 7.89. The van der Waals surface area contributed by atoms with Gasteiger partial charge in [-0.3, -0.25) is 9.10 Å². The molecule has 0 saturated heterocycles. The minimum Gasteiger partial charge on any atom is -0.329 e. The van der Waals surface area contributed by atoms with Crippen molar-refractivity contribution in [1.29, 1.82) is 0 Å². The summed E-state index contributed by atoms with van der Waals surface area (Å²) in [5, 5.41) is 15.3. The Balaban J connectivity index is 1.34. The maximum Gasteiger partial charge on any atom is 0.264 e. The number of carbonyl (C=O) groups excluding carboxylic acids is 1. The molecule has 1 aromatic heterocycles. The van der Waals surface area contributed by atoms with Crippen LogP contribution in [-0.4, -0.2) is 46.2 Å². The smallest absolute Gasteiger partial charge is 0.264 e. The molecule has 0 unspecified atom stereocenters. The summed E-state index contributed by atoms with van der Waals surface area (Å²) in [5.41, 5.74) is 4.37. The van der Waals surface area contributed by atoms with E-state index in [0.717, 1.165) is 36.7 Å². The molecule has 2 atom stereocenters. The molecule has 5 rings (SSSR count). The second-order valence-electron chi connectivity index (χ2n) is 10.5. The molecule has 0 spiro atoms. The molecule has 206 valence electrons. The zero-order chi connectivity index (χ0) is 27.6. The lowest BCUT2D eigenvalue weighted by Crippen LogP contribution is -2.50. The predicted octanol–water partition coefficient (Wildman–Crippen LogP) is 3.81. The molecule has 2 N–H and O–H groups in total. The molecule has 0 saturated carbocycles. The van der Waals surface area contributed by atoms with Gasteiger partial charge in [0.25, 0.3) is 10.0 Å². The summed E-state index contributed by atoms with van der Waals surface area (Å²) in [6.07, 6.45) is 7.61. The zero-order valence-electron chi connectivity index (χ0n) is 22.0. The summed E-state index contributed by atoms with van der Waals surface area (Å²) in [5.74, 6) is 0.181. The molecule has 0 radical (unpaired) electrons. The van der Waals surface area contributed by atoms with Crippen molar-refractivity contribution in [2.75, 3.05) is 6.54 Å². The van der Waals surface area contributed by atoms with Gasteiger partial charge in [0, 0.05) is 36.6 Å². The first kappa shape index (κ1) is 27.4. The van der Waals surface area contributed by atoms with Crippen LogP contribution in [-0.2, 0) is 34.2 Å². The lowest BCUT2D eigenvalue weighted by molar-refractivity contribution is -0.124. The second kappa shape index (κ2) is 11.5. The number of carbonyl (C=O) groups is 1. The van der Waals surface area contributed by atoms with Crippen LogP contribution < -0.4 is 10.6 Å². The number of benzene rings is 2. The fraction of sp³-hybridized carbons (Fsp3) is 0.393.